The van der Waals surface area contributed by atoms with Crippen molar-refractivity contribution in [2.24, 2.45) is 0 Å². The van der Waals surface area contributed by atoms with E-state index in [4.69, 9.17) is 4.18 Å². The Bertz CT molecular complexity index is 2710. The summed E-state index contributed by atoms with van der Waals surface area (Å²) < 4.78 is 34.4. The van der Waals surface area contributed by atoms with E-state index >= 15 is 0 Å². The standard InChI is InChI=1S/C50H44O6S.3C2H6.2CH4/c1-32-18-38-28-39-19-33(2)21-41(48(39)52)30-44-26-37(23-35-14-8-4-9-15-35)27-45(50(44)56-57(54,55)46-16-10-5-11-17-46)31-43-25-36(22-34-12-6-3-7-13-34)24-42(49(43)53)29-40(20-32)47(38)51;3*1-2;;/h3-21,24-27,51-53H,22-23,28-31H2,1-2H3;3*1-2H3;2*1H4/p-1. The zero-order valence-electron chi connectivity index (χ0n) is 38.0. The highest BCUT2D eigenvalue weighted by molar-refractivity contribution is 7.87. The molecule has 0 aliphatic heterocycles. The number of hydrogen-bond donors (Lipinski definition) is 2. The number of benzene rings is 7. The monoisotopic (exact) mass is 893 g/mol. The minimum Gasteiger partial charge on any atom is -0.872 e. The van der Waals surface area contributed by atoms with E-state index in [1.165, 1.54) is 12.1 Å². The number of hydrogen-bond acceptors (Lipinski definition) is 6. The average molecular weight is 894 g/mol. The predicted octanol–water partition coefficient (Wildman–Crippen LogP) is 13.8. The lowest BCUT2D eigenvalue weighted by Gasteiger charge is -2.24. The highest BCUT2D eigenvalue weighted by Gasteiger charge is 2.25. The third-order valence-electron chi connectivity index (χ3n) is 10.7. The van der Waals surface area contributed by atoms with Crippen molar-refractivity contribution in [1.82, 2.24) is 0 Å². The van der Waals surface area contributed by atoms with E-state index in [9.17, 15) is 23.7 Å². The SMILES string of the molecule is C.C.CC.CC.CC.Cc1cc2c([O-])c(c1)Cc1cc(Cc3ccccc3)cc(c1O)Cc1cc(Cc3ccccc3)cc(c1OS(=O)(=O)c1ccccc1)Cc1cc(C)cc(c1O)C2. The van der Waals surface area contributed by atoms with E-state index in [0.717, 1.165) is 33.4 Å². The van der Waals surface area contributed by atoms with Crippen LogP contribution in [0.15, 0.2) is 144 Å². The summed E-state index contributed by atoms with van der Waals surface area (Å²) in [6.07, 6.45) is 1.80. The molecule has 0 unspecified atom stereocenters. The summed E-state index contributed by atoms with van der Waals surface area (Å²) in [5.74, 6) is 0.131. The molecule has 2 N–H and O–H groups in total. The minimum atomic E-state index is -4.31. The maximum atomic E-state index is 14.2. The second kappa shape index (κ2) is 24.7. The molecule has 0 saturated carbocycles. The van der Waals surface area contributed by atoms with Gasteiger partial charge in [0, 0.05) is 36.8 Å². The summed E-state index contributed by atoms with van der Waals surface area (Å²) >= 11 is 0. The first kappa shape index (κ1) is 53.0. The Morgan fingerprint density at radius 2 is 0.769 bits per heavy atom. The van der Waals surface area contributed by atoms with Crippen molar-refractivity contribution in [3.63, 3.8) is 0 Å². The van der Waals surface area contributed by atoms with Crippen LogP contribution in [-0.4, -0.2) is 18.6 Å². The molecule has 0 spiro atoms. The normalized spacial score (nSPS) is 11.3. The van der Waals surface area contributed by atoms with Gasteiger partial charge in [-0.15, -0.1) is 5.75 Å². The van der Waals surface area contributed by atoms with Crippen LogP contribution in [0.5, 0.6) is 23.0 Å². The number of phenols is 2. The largest absolute Gasteiger partial charge is 0.872 e. The molecule has 7 aromatic rings. The number of rotatable bonds is 7. The molecule has 0 heterocycles. The van der Waals surface area contributed by atoms with Crippen molar-refractivity contribution >= 4 is 10.1 Å². The fourth-order valence-corrected chi connectivity index (χ4v) is 9.15. The Morgan fingerprint density at radius 1 is 0.462 bits per heavy atom. The number of fused-ring (bicyclic) bond motifs is 8. The number of aromatic hydroxyl groups is 2. The van der Waals surface area contributed by atoms with Crippen LogP contribution in [0.2, 0.25) is 0 Å². The highest BCUT2D eigenvalue weighted by atomic mass is 32.2. The van der Waals surface area contributed by atoms with Gasteiger partial charge in [0.1, 0.15) is 22.1 Å². The maximum absolute atomic E-state index is 14.2. The van der Waals surface area contributed by atoms with Gasteiger partial charge in [0.15, 0.2) is 0 Å². The van der Waals surface area contributed by atoms with Crippen molar-refractivity contribution in [1.29, 1.82) is 0 Å². The number of phenolic OH excluding ortho intramolecular Hbond substituents is 2. The van der Waals surface area contributed by atoms with E-state index in [1.807, 2.05) is 152 Å². The molecular formula is C58H69O6S-. The fourth-order valence-electron chi connectivity index (χ4n) is 8.13. The molecule has 0 aromatic heterocycles. The van der Waals surface area contributed by atoms with E-state index in [0.29, 0.717) is 57.3 Å². The Kier molecular flexibility index (Phi) is 20.1. The smallest absolute Gasteiger partial charge is 0.339 e. The third kappa shape index (κ3) is 13.1. The lowest BCUT2D eigenvalue weighted by molar-refractivity contribution is -0.270. The molecule has 7 aromatic carbocycles. The van der Waals surface area contributed by atoms with Gasteiger partial charge in [-0.05, 0) is 83.3 Å². The second-order valence-corrected chi connectivity index (χ2v) is 16.8. The summed E-state index contributed by atoms with van der Waals surface area (Å²) in [4.78, 5) is 0.0120. The van der Waals surface area contributed by atoms with Crippen molar-refractivity contribution in [2.45, 2.75) is 114 Å². The summed E-state index contributed by atoms with van der Waals surface area (Å²) in [7, 11) is -4.31. The number of aryl methyl sites for hydroxylation is 2. The highest BCUT2D eigenvalue weighted by Crippen LogP contribution is 2.40. The van der Waals surface area contributed by atoms with Crippen molar-refractivity contribution < 1.29 is 27.9 Å². The van der Waals surface area contributed by atoms with Gasteiger partial charge in [0.2, 0.25) is 0 Å². The van der Waals surface area contributed by atoms with Gasteiger partial charge in [-0.2, -0.15) is 8.42 Å². The molecule has 6 nitrogen and oxygen atoms in total. The zero-order chi connectivity index (χ0) is 45.7. The van der Waals surface area contributed by atoms with Crippen LogP contribution in [0.3, 0.4) is 0 Å². The van der Waals surface area contributed by atoms with Crippen LogP contribution in [-0.2, 0) is 48.6 Å². The lowest BCUT2D eigenvalue weighted by Crippen LogP contribution is -2.14. The Morgan fingerprint density at radius 3 is 1.15 bits per heavy atom. The van der Waals surface area contributed by atoms with Crippen molar-refractivity contribution in [3.8, 4) is 23.0 Å². The first-order valence-corrected chi connectivity index (χ1v) is 23.6. The third-order valence-corrected chi connectivity index (χ3v) is 11.9. The van der Waals surface area contributed by atoms with Gasteiger partial charge in [-0.1, -0.05) is 206 Å². The maximum Gasteiger partial charge on any atom is 0.339 e. The average Bonchev–Trinajstić information content (AvgIpc) is 3.29. The van der Waals surface area contributed by atoms with Gasteiger partial charge in [0.05, 0.1) is 0 Å². The van der Waals surface area contributed by atoms with Crippen LogP contribution < -0.4 is 9.29 Å². The molecule has 8 rings (SSSR count). The summed E-state index contributed by atoms with van der Waals surface area (Å²) in [6, 6.07) is 43.5. The lowest BCUT2D eigenvalue weighted by atomic mass is 9.87. The fraction of sp³-hybridized carbons (Fsp3) is 0.276. The van der Waals surface area contributed by atoms with Crippen LogP contribution in [0.25, 0.3) is 0 Å². The molecule has 1 aliphatic rings. The summed E-state index contributed by atoms with van der Waals surface area (Å²) in [5.41, 5.74) is 10.4. The van der Waals surface area contributed by atoms with Crippen molar-refractivity contribution in [3.05, 3.63) is 217 Å². The van der Waals surface area contributed by atoms with E-state index < -0.39 is 10.1 Å². The van der Waals surface area contributed by atoms with Crippen LogP contribution in [0.4, 0.5) is 0 Å². The molecule has 65 heavy (non-hydrogen) atoms. The summed E-state index contributed by atoms with van der Waals surface area (Å²) in [6.45, 7) is 15.9. The molecular weight excluding hydrogens is 825 g/mol. The second-order valence-electron chi connectivity index (χ2n) is 15.2. The molecule has 7 heteroatoms. The van der Waals surface area contributed by atoms with Crippen LogP contribution in [0, 0.1) is 13.8 Å². The molecule has 0 amide bonds. The predicted molar refractivity (Wildman–Crippen MR) is 269 cm³/mol. The Labute approximate surface area is 390 Å². The van der Waals surface area contributed by atoms with E-state index in [1.54, 1.807) is 18.2 Å². The van der Waals surface area contributed by atoms with Gasteiger partial charge >= 0.3 is 10.1 Å². The van der Waals surface area contributed by atoms with Crippen molar-refractivity contribution in [2.75, 3.05) is 0 Å². The van der Waals surface area contributed by atoms with E-state index in [-0.39, 0.29) is 68.4 Å². The first-order valence-electron chi connectivity index (χ1n) is 22.2. The molecule has 8 bridgehead atoms. The first-order chi connectivity index (χ1) is 30.5. The molecule has 0 atom stereocenters. The minimum absolute atomic E-state index is 0. The molecule has 0 fully saturated rings. The molecule has 1 aliphatic carbocycles. The quantitative estimate of drug-likeness (QED) is 0.154. The van der Waals surface area contributed by atoms with Crippen LogP contribution in [0.1, 0.15) is 134 Å². The molecule has 344 valence electrons. The molecule has 0 radical (unpaired) electrons. The topological polar surface area (TPSA) is 107 Å². The van der Waals surface area contributed by atoms with Gasteiger partial charge in [0.25, 0.3) is 0 Å². The zero-order valence-corrected chi connectivity index (χ0v) is 38.8. The Balaban J connectivity index is 0.00000135. The van der Waals surface area contributed by atoms with Gasteiger partial charge in [-0.25, -0.2) is 0 Å². The molecule has 0 saturated heterocycles. The summed E-state index contributed by atoms with van der Waals surface area (Å²) in [5, 5.41) is 38.2. The van der Waals surface area contributed by atoms with Gasteiger partial charge < -0.3 is 19.5 Å². The van der Waals surface area contributed by atoms with E-state index in [2.05, 4.69) is 12.1 Å². The van der Waals surface area contributed by atoms with Crippen LogP contribution >= 0.6 is 0 Å². The Hall–Kier alpha value is -6.31. The van der Waals surface area contributed by atoms with Gasteiger partial charge in [-0.3, -0.25) is 0 Å².